The predicted molar refractivity (Wildman–Crippen MR) is 125 cm³/mol. The molecule has 2 aromatic heterocycles. The fourth-order valence-corrected chi connectivity index (χ4v) is 4.69. The lowest BCUT2D eigenvalue weighted by molar-refractivity contribution is 0.103. The Kier molecular flexibility index (Phi) is 7.36. The molecule has 2 heterocycles. The predicted octanol–water partition coefficient (Wildman–Crippen LogP) is 2.65. The molecule has 0 radical (unpaired) electrons. The van der Waals surface area contributed by atoms with Gasteiger partial charge in [-0.3, -0.25) is 13.7 Å². The maximum absolute atomic E-state index is 13.5. The number of halogens is 2. The Labute approximate surface area is 204 Å². The van der Waals surface area contributed by atoms with Crippen LogP contribution in [0.15, 0.2) is 47.5 Å². The van der Waals surface area contributed by atoms with E-state index in [1.165, 1.54) is 18.6 Å². The average Bonchev–Trinajstić information content (AvgIpc) is 3.44. The van der Waals surface area contributed by atoms with Gasteiger partial charge in [0.05, 0.1) is 23.2 Å². The van der Waals surface area contributed by atoms with Crippen LogP contribution in [0, 0.1) is 11.7 Å². The molecule has 1 saturated carbocycles. The first kappa shape index (κ1) is 24.4. The van der Waals surface area contributed by atoms with Gasteiger partial charge in [-0.2, -0.15) is 13.5 Å². The van der Waals surface area contributed by atoms with Crippen LogP contribution in [0.25, 0.3) is 0 Å². The van der Waals surface area contributed by atoms with Gasteiger partial charge in [0.15, 0.2) is 0 Å². The molecule has 0 bridgehead atoms. The number of nitrogens with two attached hydrogens (primary N) is 1. The Balaban J connectivity index is 1.42. The number of benzene rings is 1. The summed E-state index contributed by atoms with van der Waals surface area (Å²) in [5, 5.41) is 12.5. The second kappa shape index (κ2) is 10.3. The molecule has 0 saturated heterocycles. The zero-order valence-electron chi connectivity index (χ0n) is 17.9. The molecular formula is C21H22BrFN6O4S. The Bertz CT molecular complexity index is 1300. The highest BCUT2D eigenvalue weighted by Crippen LogP contribution is 2.29. The monoisotopic (exact) mass is 552 g/mol. The van der Waals surface area contributed by atoms with Crippen molar-refractivity contribution in [2.75, 3.05) is 11.9 Å². The Morgan fingerprint density at radius 3 is 2.91 bits per heavy atom. The summed E-state index contributed by atoms with van der Waals surface area (Å²) in [5.74, 6) is -0.280. The molecule has 0 unspecified atom stereocenters. The molecule has 1 aliphatic carbocycles. The fraction of sp³-hybridized carbons (Fsp3) is 0.333. The quantitative estimate of drug-likeness (QED) is 0.385. The van der Waals surface area contributed by atoms with Crippen LogP contribution in [0.4, 0.5) is 10.2 Å². The van der Waals surface area contributed by atoms with Crippen LogP contribution in [-0.4, -0.2) is 46.6 Å². The van der Waals surface area contributed by atoms with E-state index < -0.39 is 10.3 Å². The number of anilines is 1. The SMILES string of the molecule is NS(=O)(=O)OC[C@@H]1CC[C@H](Nc2ncncc2C(=O)c2ccn(Cc3ccc(F)c(Br)c3)n2)C1. The molecule has 4 rings (SSSR count). The minimum atomic E-state index is -3.97. The molecule has 3 aromatic rings. The summed E-state index contributed by atoms with van der Waals surface area (Å²) in [6.07, 6.45) is 6.62. The van der Waals surface area contributed by atoms with Crippen molar-refractivity contribution in [1.82, 2.24) is 19.7 Å². The van der Waals surface area contributed by atoms with Gasteiger partial charge in [0.2, 0.25) is 5.78 Å². The van der Waals surface area contributed by atoms with Crippen molar-refractivity contribution in [3.05, 3.63) is 70.1 Å². The van der Waals surface area contributed by atoms with Crippen molar-refractivity contribution in [1.29, 1.82) is 0 Å². The van der Waals surface area contributed by atoms with Crippen molar-refractivity contribution >= 4 is 37.8 Å². The van der Waals surface area contributed by atoms with Crippen molar-refractivity contribution in [3.8, 4) is 0 Å². The van der Waals surface area contributed by atoms with Gasteiger partial charge < -0.3 is 5.32 Å². The van der Waals surface area contributed by atoms with Crippen LogP contribution >= 0.6 is 15.9 Å². The van der Waals surface area contributed by atoms with E-state index in [-0.39, 0.29) is 41.4 Å². The van der Waals surface area contributed by atoms with Crippen molar-refractivity contribution in [3.63, 3.8) is 0 Å². The van der Waals surface area contributed by atoms with E-state index in [9.17, 15) is 17.6 Å². The molecule has 13 heteroatoms. The molecule has 1 aromatic carbocycles. The third-order valence-corrected chi connectivity index (χ3v) is 6.58. The van der Waals surface area contributed by atoms with E-state index in [0.29, 0.717) is 23.3 Å². The topological polar surface area (TPSA) is 142 Å². The van der Waals surface area contributed by atoms with Gasteiger partial charge in [0.25, 0.3) is 0 Å². The van der Waals surface area contributed by atoms with E-state index in [1.807, 2.05) is 0 Å². The number of nitrogens with one attached hydrogen (secondary N) is 1. The van der Waals surface area contributed by atoms with E-state index in [0.717, 1.165) is 18.4 Å². The molecule has 1 aliphatic rings. The highest BCUT2D eigenvalue weighted by Gasteiger charge is 2.28. The Morgan fingerprint density at radius 2 is 2.15 bits per heavy atom. The first-order valence-corrected chi connectivity index (χ1v) is 12.7. The number of carbonyl (C=O) groups is 1. The molecule has 1 fully saturated rings. The Morgan fingerprint density at radius 1 is 1.32 bits per heavy atom. The zero-order chi connectivity index (χ0) is 24.3. The molecule has 180 valence electrons. The maximum Gasteiger partial charge on any atom is 0.333 e. The highest BCUT2D eigenvalue weighted by molar-refractivity contribution is 9.10. The van der Waals surface area contributed by atoms with Crippen molar-refractivity contribution < 1.29 is 21.8 Å². The summed E-state index contributed by atoms with van der Waals surface area (Å²) < 4.78 is 42.1. The third kappa shape index (κ3) is 6.23. The molecule has 34 heavy (non-hydrogen) atoms. The lowest BCUT2D eigenvalue weighted by atomic mass is 10.1. The second-order valence-electron chi connectivity index (χ2n) is 8.06. The molecule has 3 N–H and O–H groups in total. The van der Waals surface area contributed by atoms with Crippen LogP contribution in [0.5, 0.6) is 0 Å². The summed E-state index contributed by atoms with van der Waals surface area (Å²) in [4.78, 5) is 21.3. The second-order valence-corrected chi connectivity index (χ2v) is 10.1. The minimum absolute atomic E-state index is 0.00925. The summed E-state index contributed by atoms with van der Waals surface area (Å²) in [6, 6.07) is 6.27. The summed E-state index contributed by atoms with van der Waals surface area (Å²) in [7, 11) is -3.97. The van der Waals surface area contributed by atoms with E-state index in [1.54, 1.807) is 29.1 Å². The number of aromatic nitrogens is 4. The summed E-state index contributed by atoms with van der Waals surface area (Å²) in [6.45, 7) is 0.390. The lowest BCUT2D eigenvalue weighted by Gasteiger charge is -2.15. The van der Waals surface area contributed by atoms with Crippen molar-refractivity contribution in [2.24, 2.45) is 11.1 Å². The van der Waals surface area contributed by atoms with Crippen molar-refractivity contribution in [2.45, 2.75) is 31.8 Å². The highest BCUT2D eigenvalue weighted by atomic mass is 79.9. The standard InChI is InChI=1S/C21H22BrFN6O4S/c22-17-8-13(2-4-18(17)23)10-29-6-5-19(28-29)20(30)16-9-25-12-26-21(16)27-15-3-1-14(7-15)11-33-34(24,31)32/h2,4-6,8-9,12,14-15H,1,3,7,10-11H2,(H2,24,31,32)(H,25,26,27)/t14-,15+/m1/s1. The largest absolute Gasteiger partial charge is 0.367 e. The first-order chi connectivity index (χ1) is 16.2. The van der Waals surface area contributed by atoms with Gasteiger partial charge in [-0.15, -0.1) is 0 Å². The van der Waals surface area contributed by atoms with Gasteiger partial charge in [0.1, 0.15) is 23.7 Å². The van der Waals surface area contributed by atoms with Crippen LogP contribution < -0.4 is 10.5 Å². The Hall–Kier alpha value is -2.74. The number of rotatable bonds is 9. The van der Waals surface area contributed by atoms with Crippen LogP contribution in [0.1, 0.15) is 40.9 Å². The van der Waals surface area contributed by atoms with Gasteiger partial charge in [-0.25, -0.2) is 19.5 Å². The molecule has 10 nitrogen and oxygen atoms in total. The van der Waals surface area contributed by atoms with Gasteiger partial charge >= 0.3 is 10.3 Å². The number of hydrogen-bond acceptors (Lipinski definition) is 8. The summed E-state index contributed by atoms with van der Waals surface area (Å²) in [5.41, 5.74) is 1.33. The zero-order valence-corrected chi connectivity index (χ0v) is 20.3. The number of ketones is 1. The van der Waals surface area contributed by atoms with Gasteiger partial charge in [-0.1, -0.05) is 6.07 Å². The lowest BCUT2D eigenvalue weighted by Crippen LogP contribution is -2.22. The molecule has 0 aliphatic heterocycles. The van der Waals surface area contributed by atoms with Gasteiger partial charge in [-0.05, 0) is 64.9 Å². The number of hydrogen-bond donors (Lipinski definition) is 2. The van der Waals surface area contributed by atoms with Crippen LogP contribution in [-0.2, 0) is 21.0 Å². The first-order valence-electron chi connectivity index (χ1n) is 10.4. The average molecular weight is 553 g/mol. The van der Waals surface area contributed by atoms with Gasteiger partial charge in [0, 0.05) is 18.4 Å². The third-order valence-electron chi connectivity index (χ3n) is 5.51. The van der Waals surface area contributed by atoms with Crippen LogP contribution in [0.3, 0.4) is 0 Å². The molecule has 0 spiro atoms. The maximum atomic E-state index is 13.5. The molecule has 0 amide bonds. The fourth-order valence-electron chi connectivity index (χ4n) is 3.89. The van der Waals surface area contributed by atoms with Crippen LogP contribution in [0.2, 0.25) is 0 Å². The van der Waals surface area contributed by atoms with E-state index in [4.69, 9.17) is 9.32 Å². The minimum Gasteiger partial charge on any atom is -0.367 e. The van der Waals surface area contributed by atoms with E-state index in [2.05, 4.69) is 36.3 Å². The summed E-state index contributed by atoms with van der Waals surface area (Å²) >= 11 is 3.16. The number of carbonyl (C=O) groups excluding carboxylic acids is 1. The number of nitrogens with zero attached hydrogens (tertiary/aromatic N) is 4. The smallest absolute Gasteiger partial charge is 0.333 e. The normalized spacial score (nSPS) is 18.2. The van der Waals surface area contributed by atoms with E-state index >= 15 is 0 Å². The molecule has 2 atom stereocenters. The molecular weight excluding hydrogens is 531 g/mol.